The van der Waals surface area contributed by atoms with Crippen molar-refractivity contribution >= 4 is 21.9 Å². The van der Waals surface area contributed by atoms with Crippen molar-refractivity contribution in [3.05, 3.63) is 12.2 Å². The van der Waals surface area contributed by atoms with E-state index in [1.807, 2.05) is 6.92 Å². The van der Waals surface area contributed by atoms with Gasteiger partial charge in [0.1, 0.15) is 4.32 Å². The van der Waals surface area contributed by atoms with E-state index in [2.05, 4.69) is 22.5 Å². The van der Waals surface area contributed by atoms with Gasteiger partial charge in [-0.15, -0.1) is 0 Å². The highest BCUT2D eigenvalue weighted by Gasteiger charge is 2.27. The van der Waals surface area contributed by atoms with Gasteiger partial charge in [0, 0.05) is 5.92 Å². The summed E-state index contributed by atoms with van der Waals surface area (Å²) in [6, 6.07) is 0. The second kappa shape index (κ2) is 8.91. The summed E-state index contributed by atoms with van der Waals surface area (Å²) in [5.41, 5.74) is 1.16. The Balaban J connectivity index is 2.13. The van der Waals surface area contributed by atoms with E-state index in [-0.39, 0.29) is 12.1 Å². The Morgan fingerprint density at radius 2 is 2.10 bits per heavy atom. The first-order valence-electron chi connectivity index (χ1n) is 7.62. The highest BCUT2D eigenvalue weighted by Crippen LogP contribution is 2.28. The van der Waals surface area contributed by atoms with Crippen LogP contribution in [-0.2, 0) is 19.3 Å². The van der Waals surface area contributed by atoms with Gasteiger partial charge >= 0.3 is 5.97 Å². The number of esters is 1. The minimum atomic E-state index is -0.602. The summed E-state index contributed by atoms with van der Waals surface area (Å²) in [6.07, 6.45) is 4.97. The molecule has 0 radical (unpaired) electrons. The molecule has 1 aliphatic heterocycles. The van der Waals surface area contributed by atoms with Crippen molar-refractivity contribution in [3.8, 4) is 0 Å². The summed E-state index contributed by atoms with van der Waals surface area (Å²) < 4.78 is 4.60. The Morgan fingerprint density at radius 1 is 1.38 bits per heavy atom. The Hall–Kier alpha value is -0.390. The molecule has 122 valence electrons. The Kier molecular flexibility index (Phi) is 7.92. The fourth-order valence-corrected chi connectivity index (χ4v) is 2.45. The molecule has 4 nitrogen and oxygen atoms in total. The molecule has 1 rings (SSSR count). The molecule has 2 atom stereocenters. The van der Waals surface area contributed by atoms with Crippen LogP contribution in [0.1, 0.15) is 52.9 Å². The zero-order chi connectivity index (χ0) is 15.9. The van der Waals surface area contributed by atoms with Crippen LogP contribution in [0.25, 0.3) is 0 Å². The second-order valence-electron chi connectivity index (χ2n) is 6.16. The zero-order valence-electron chi connectivity index (χ0n) is 13.3. The van der Waals surface area contributed by atoms with Crippen molar-refractivity contribution in [1.29, 1.82) is 0 Å². The highest BCUT2D eigenvalue weighted by molar-refractivity contribution is 9.10. The van der Waals surface area contributed by atoms with Gasteiger partial charge in [-0.3, -0.25) is 4.79 Å². The predicted octanol–water partition coefficient (Wildman–Crippen LogP) is 4.18. The molecule has 0 N–H and O–H groups in total. The number of carbonyl (C=O) groups excluding carboxylic acids is 1. The molecule has 0 aliphatic carbocycles. The molecule has 0 spiro atoms. The summed E-state index contributed by atoms with van der Waals surface area (Å²) >= 11 is 3.29. The predicted molar refractivity (Wildman–Crippen MR) is 86.2 cm³/mol. The van der Waals surface area contributed by atoms with Crippen LogP contribution >= 0.6 is 15.9 Å². The number of rotatable bonds is 8. The molecular weight excluding hydrogens is 336 g/mol. The summed E-state index contributed by atoms with van der Waals surface area (Å²) in [7, 11) is 0. The summed E-state index contributed by atoms with van der Waals surface area (Å²) in [5.74, 6) is 0.180. The molecule has 0 bridgehead atoms. The number of halogens is 1. The molecule has 0 aromatic carbocycles. The fraction of sp³-hybridized carbons (Fsp3) is 0.812. The van der Waals surface area contributed by atoms with Gasteiger partial charge in [0.05, 0.1) is 19.3 Å². The van der Waals surface area contributed by atoms with E-state index in [4.69, 9.17) is 14.5 Å². The molecule has 0 amide bonds. The average Bonchev–Trinajstić information content (AvgIpc) is 2.41. The maximum absolute atomic E-state index is 11.5. The minimum absolute atomic E-state index is 0.111. The molecule has 1 heterocycles. The maximum atomic E-state index is 11.5. The normalized spacial score (nSPS) is 22.9. The van der Waals surface area contributed by atoms with E-state index < -0.39 is 4.32 Å². The average molecular weight is 363 g/mol. The van der Waals surface area contributed by atoms with E-state index in [1.165, 1.54) is 0 Å². The van der Waals surface area contributed by atoms with Gasteiger partial charge in [-0.1, -0.05) is 34.5 Å². The van der Waals surface area contributed by atoms with Crippen LogP contribution in [0.2, 0.25) is 0 Å². The van der Waals surface area contributed by atoms with Gasteiger partial charge < -0.3 is 4.74 Å². The van der Waals surface area contributed by atoms with Gasteiger partial charge in [-0.2, -0.15) is 0 Å². The van der Waals surface area contributed by atoms with Crippen LogP contribution in [-0.4, -0.2) is 29.6 Å². The first kappa shape index (κ1) is 18.7. The van der Waals surface area contributed by atoms with E-state index >= 15 is 0 Å². The first-order valence-corrected chi connectivity index (χ1v) is 8.41. The highest BCUT2D eigenvalue weighted by atomic mass is 79.9. The topological polar surface area (TPSA) is 44.8 Å². The third-order valence-corrected chi connectivity index (χ3v) is 3.96. The van der Waals surface area contributed by atoms with Crippen molar-refractivity contribution in [1.82, 2.24) is 0 Å². The largest absolute Gasteiger partial charge is 0.465 e. The number of hydrogen-bond acceptors (Lipinski definition) is 4. The van der Waals surface area contributed by atoms with Crippen LogP contribution in [0, 0.1) is 5.92 Å². The SMILES string of the molecule is C=C(C)C1CCOOC1CCCCCOC(=O)C(C)(C)Br. The number of unbranched alkanes of at least 4 members (excludes halogenated alkanes) is 2. The minimum Gasteiger partial charge on any atom is -0.465 e. The van der Waals surface area contributed by atoms with Crippen molar-refractivity contribution in [3.63, 3.8) is 0 Å². The van der Waals surface area contributed by atoms with Crippen molar-refractivity contribution < 1.29 is 19.3 Å². The number of alkyl halides is 1. The molecule has 5 heteroatoms. The van der Waals surface area contributed by atoms with Crippen molar-refractivity contribution in [2.24, 2.45) is 5.92 Å². The van der Waals surface area contributed by atoms with Gasteiger partial charge in [-0.05, 0) is 46.5 Å². The lowest BCUT2D eigenvalue weighted by molar-refractivity contribution is -0.355. The first-order chi connectivity index (χ1) is 9.82. The van der Waals surface area contributed by atoms with Gasteiger partial charge in [0.2, 0.25) is 0 Å². The summed E-state index contributed by atoms with van der Waals surface area (Å²) in [6.45, 7) is 10.8. The van der Waals surface area contributed by atoms with Crippen LogP contribution in [0.15, 0.2) is 12.2 Å². The van der Waals surface area contributed by atoms with Crippen LogP contribution in [0.3, 0.4) is 0 Å². The molecular formula is C16H27BrO4. The number of ether oxygens (including phenoxy) is 1. The van der Waals surface area contributed by atoms with Gasteiger partial charge in [0.15, 0.2) is 0 Å². The van der Waals surface area contributed by atoms with Gasteiger partial charge in [-0.25, -0.2) is 9.78 Å². The smallest absolute Gasteiger partial charge is 0.322 e. The fourth-order valence-electron chi connectivity index (χ4n) is 2.34. The van der Waals surface area contributed by atoms with E-state index in [1.54, 1.807) is 13.8 Å². The summed E-state index contributed by atoms with van der Waals surface area (Å²) in [5, 5.41) is 0. The Labute approximate surface area is 136 Å². The maximum Gasteiger partial charge on any atom is 0.322 e. The molecule has 1 aliphatic rings. The van der Waals surface area contributed by atoms with E-state index in [0.717, 1.165) is 37.7 Å². The monoisotopic (exact) mass is 362 g/mol. The summed E-state index contributed by atoms with van der Waals surface area (Å²) in [4.78, 5) is 22.0. The lowest BCUT2D eigenvalue weighted by atomic mass is 9.89. The van der Waals surface area contributed by atoms with E-state index in [9.17, 15) is 4.79 Å². The van der Waals surface area contributed by atoms with Crippen molar-refractivity contribution in [2.75, 3.05) is 13.2 Å². The molecule has 1 fully saturated rings. The number of carbonyl (C=O) groups is 1. The lowest BCUT2D eigenvalue weighted by Gasteiger charge is -2.30. The van der Waals surface area contributed by atoms with Crippen LogP contribution in [0.4, 0.5) is 0 Å². The lowest BCUT2D eigenvalue weighted by Crippen LogP contribution is -2.31. The molecule has 21 heavy (non-hydrogen) atoms. The molecule has 0 aromatic heterocycles. The molecule has 1 saturated heterocycles. The Bertz CT molecular complexity index is 349. The van der Waals surface area contributed by atoms with E-state index in [0.29, 0.717) is 19.1 Å². The molecule has 2 unspecified atom stereocenters. The molecule has 0 saturated carbocycles. The molecule has 0 aromatic rings. The van der Waals surface area contributed by atoms with Gasteiger partial charge in [0.25, 0.3) is 0 Å². The van der Waals surface area contributed by atoms with Crippen LogP contribution in [0.5, 0.6) is 0 Å². The van der Waals surface area contributed by atoms with Crippen molar-refractivity contribution in [2.45, 2.75) is 63.3 Å². The van der Waals surface area contributed by atoms with Crippen LogP contribution < -0.4 is 0 Å². The number of hydrogen-bond donors (Lipinski definition) is 0. The second-order valence-corrected chi connectivity index (χ2v) is 8.14. The zero-order valence-corrected chi connectivity index (χ0v) is 14.9. The Morgan fingerprint density at radius 3 is 2.71 bits per heavy atom. The third-order valence-electron chi connectivity index (χ3n) is 3.64. The third kappa shape index (κ3) is 6.94. The quantitative estimate of drug-likeness (QED) is 0.213. The standard InChI is InChI=1S/C16H27BrO4/c1-12(2)13-9-11-20-21-14(13)8-6-5-7-10-19-15(18)16(3,4)17/h13-14H,1,5-11H2,2-4H3.